The molecule has 0 fully saturated rings. The first-order valence-corrected chi connectivity index (χ1v) is 4.70. The van der Waals surface area contributed by atoms with Crippen LogP contribution in [0.4, 0.5) is 10.1 Å². The fraction of sp³-hybridized carbons (Fsp3) is 0.0769. The van der Waals surface area contributed by atoms with E-state index in [0.29, 0.717) is 0 Å². The van der Waals surface area contributed by atoms with E-state index in [1.54, 1.807) is 18.2 Å². The molecule has 0 amide bonds. The molecule has 78 valence electrons. The van der Waals surface area contributed by atoms with E-state index < -0.39 is 0 Å². The van der Waals surface area contributed by atoms with Gasteiger partial charge in [0, 0.05) is 0 Å². The van der Waals surface area contributed by atoms with Gasteiger partial charge in [0.2, 0.25) is 0 Å². The van der Waals surface area contributed by atoms with Crippen LogP contribution in [0.1, 0.15) is 12.5 Å². The molecule has 1 nitrogen and oxygen atoms in total. The van der Waals surface area contributed by atoms with Crippen molar-refractivity contribution in [2.24, 2.45) is 0 Å². The predicted molar refractivity (Wildman–Crippen MR) is 63.8 cm³/mol. The van der Waals surface area contributed by atoms with Gasteiger partial charge < -0.3 is 5.73 Å². The van der Waals surface area contributed by atoms with E-state index >= 15 is 0 Å². The number of allylic oxidation sites excluding steroid dienone is 5. The molecule has 0 aromatic heterocycles. The van der Waals surface area contributed by atoms with Crippen LogP contribution in [0.15, 0.2) is 49.1 Å². The zero-order chi connectivity index (χ0) is 11.3. The minimum atomic E-state index is -0.387. The van der Waals surface area contributed by atoms with Crippen molar-refractivity contribution in [1.29, 1.82) is 0 Å². The molecule has 2 heteroatoms. The third kappa shape index (κ3) is 2.81. The van der Waals surface area contributed by atoms with E-state index in [4.69, 9.17) is 5.73 Å². The number of rotatable bonds is 3. The van der Waals surface area contributed by atoms with Crippen LogP contribution in [0.3, 0.4) is 0 Å². The molecular formula is C13H14FN. The molecular weight excluding hydrogens is 189 g/mol. The Morgan fingerprint density at radius 2 is 2.20 bits per heavy atom. The quantitative estimate of drug-likeness (QED) is 0.590. The number of nitrogen functional groups attached to an aromatic ring is 1. The van der Waals surface area contributed by atoms with Gasteiger partial charge in [-0.15, -0.1) is 0 Å². The van der Waals surface area contributed by atoms with Crippen LogP contribution in [0.5, 0.6) is 0 Å². The van der Waals surface area contributed by atoms with Crippen molar-refractivity contribution < 1.29 is 4.39 Å². The second kappa shape index (κ2) is 5.15. The summed E-state index contributed by atoms with van der Waals surface area (Å²) >= 11 is 0. The fourth-order valence-corrected chi connectivity index (χ4v) is 1.25. The van der Waals surface area contributed by atoms with E-state index in [9.17, 15) is 4.39 Å². The summed E-state index contributed by atoms with van der Waals surface area (Å²) in [6, 6.07) is 4.70. The summed E-state index contributed by atoms with van der Waals surface area (Å²) in [6.07, 6.45) is 7.36. The van der Waals surface area contributed by atoms with Gasteiger partial charge >= 0.3 is 0 Å². The van der Waals surface area contributed by atoms with Gasteiger partial charge in [0.05, 0.1) is 5.69 Å². The summed E-state index contributed by atoms with van der Waals surface area (Å²) in [4.78, 5) is 0. The molecule has 0 bridgehead atoms. The molecule has 0 heterocycles. The van der Waals surface area contributed by atoms with Crippen LogP contribution in [-0.2, 0) is 0 Å². The molecule has 1 aromatic rings. The Labute approximate surface area is 89.4 Å². The summed E-state index contributed by atoms with van der Waals surface area (Å²) in [6.45, 7) is 5.51. The topological polar surface area (TPSA) is 26.0 Å². The van der Waals surface area contributed by atoms with Crippen LogP contribution in [-0.4, -0.2) is 0 Å². The Balaban J connectivity index is 3.09. The molecule has 0 saturated heterocycles. The number of halogens is 1. The number of hydrogen-bond acceptors (Lipinski definition) is 1. The lowest BCUT2D eigenvalue weighted by Gasteiger charge is -2.03. The molecule has 0 aliphatic carbocycles. The highest BCUT2D eigenvalue weighted by Gasteiger charge is 2.01. The lowest BCUT2D eigenvalue weighted by molar-refractivity contribution is 0.632. The van der Waals surface area contributed by atoms with E-state index in [1.807, 2.05) is 25.2 Å². The van der Waals surface area contributed by atoms with Gasteiger partial charge in [-0.05, 0) is 30.2 Å². The monoisotopic (exact) mass is 203 g/mol. The van der Waals surface area contributed by atoms with Crippen molar-refractivity contribution in [2.75, 3.05) is 5.73 Å². The standard InChI is InChI=1S/C13H14FN/c1-3-5-6-10(4-2)11-7-8-12(14)13(15)9-11/h3-9H,1,15H2,2H3/b6-5-,10-4+. The van der Waals surface area contributed by atoms with Crippen molar-refractivity contribution in [3.8, 4) is 0 Å². The minimum Gasteiger partial charge on any atom is -0.396 e. The molecule has 2 N–H and O–H groups in total. The molecule has 0 aliphatic heterocycles. The Bertz CT molecular complexity index is 417. The molecule has 0 spiro atoms. The largest absolute Gasteiger partial charge is 0.396 e. The summed E-state index contributed by atoms with van der Waals surface area (Å²) in [5, 5.41) is 0. The zero-order valence-corrected chi connectivity index (χ0v) is 8.70. The van der Waals surface area contributed by atoms with Gasteiger partial charge in [-0.25, -0.2) is 4.39 Å². The smallest absolute Gasteiger partial charge is 0.146 e. The molecule has 0 unspecified atom stereocenters. The van der Waals surface area contributed by atoms with E-state index in [0.717, 1.165) is 11.1 Å². The van der Waals surface area contributed by atoms with E-state index in [2.05, 4.69) is 6.58 Å². The lowest BCUT2D eigenvalue weighted by atomic mass is 10.0. The first kappa shape index (κ1) is 11.2. The van der Waals surface area contributed by atoms with Crippen LogP contribution < -0.4 is 5.73 Å². The Kier molecular flexibility index (Phi) is 3.86. The molecule has 15 heavy (non-hydrogen) atoms. The van der Waals surface area contributed by atoms with Crippen molar-refractivity contribution in [1.82, 2.24) is 0 Å². The summed E-state index contributed by atoms with van der Waals surface area (Å²) < 4.78 is 12.9. The lowest BCUT2D eigenvalue weighted by Crippen LogP contribution is -1.92. The van der Waals surface area contributed by atoms with Gasteiger partial charge in [0.15, 0.2) is 0 Å². The number of benzene rings is 1. The molecule has 0 atom stereocenters. The minimum absolute atomic E-state index is 0.166. The van der Waals surface area contributed by atoms with Crippen LogP contribution in [0.25, 0.3) is 5.57 Å². The average molecular weight is 203 g/mol. The van der Waals surface area contributed by atoms with Crippen molar-refractivity contribution in [3.63, 3.8) is 0 Å². The number of anilines is 1. The summed E-state index contributed by atoms with van der Waals surface area (Å²) in [5.74, 6) is -0.387. The highest BCUT2D eigenvalue weighted by Crippen LogP contribution is 2.20. The van der Waals surface area contributed by atoms with Crippen LogP contribution >= 0.6 is 0 Å². The molecule has 0 radical (unpaired) electrons. The maximum atomic E-state index is 12.9. The van der Waals surface area contributed by atoms with Gasteiger partial charge in [-0.2, -0.15) is 0 Å². The first-order chi connectivity index (χ1) is 7.19. The molecule has 0 saturated carbocycles. The van der Waals surface area contributed by atoms with Crippen molar-refractivity contribution in [3.05, 3.63) is 60.5 Å². The third-order valence-corrected chi connectivity index (χ3v) is 2.05. The van der Waals surface area contributed by atoms with Crippen molar-refractivity contribution >= 4 is 11.3 Å². The first-order valence-electron chi connectivity index (χ1n) is 4.70. The van der Waals surface area contributed by atoms with Crippen LogP contribution in [0.2, 0.25) is 0 Å². The summed E-state index contributed by atoms with van der Waals surface area (Å²) in [5.41, 5.74) is 7.55. The third-order valence-electron chi connectivity index (χ3n) is 2.05. The number of nitrogens with two attached hydrogens (primary N) is 1. The maximum absolute atomic E-state index is 12.9. The van der Waals surface area contributed by atoms with Gasteiger partial charge in [-0.3, -0.25) is 0 Å². The molecule has 0 aliphatic rings. The molecule has 1 rings (SSSR count). The zero-order valence-electron chi connectivity index (χ0n) is 8.70. The predicted octanol–water partition coefficient (Wildman–Crippen LogP) is 3.55. The Morgan fingerprint density at radius 3 is 2.73 bits per heavy atom. The summed E-state index contributed by atoms with van der Waals surface area (Å²) in [7, 11) is 0. The normalized spacial score (nSPS) is 12.0. The van der Waals surface area contributed by atoms with Gasteiger partial charge in [0.1, 0.15) is 5.82 Å². The second-order valence-corrected chi connectivity index (χ2v) is 3.08. The maximum Gasteiger partial charge on any atom is 0.146 e. The highest BCUT2D eigenvalue weighted by molar-refractivity contribution is 5.75. The van der Waals surface area contributed by atoms with Gasteiger partial charge in [-0.1, -0.05) is 36.9 Å². The SMILES string of the molecule is C=C/C=C\C(=C/C)c1ccc(F)c(N)c1. The van der Waals surface area contributed by atoms with Gasteiger partial charge in [0.25, 0.3) is 0 Å². The fourth-order valence-electron chi connectivity index (χ4n) is 1.25. The second-order valence-electron chi connectivity index (χ2n) is 3.08. The van der Waals surface area contributed by atoms with Crippen LogP contribution in [0, 0.1) is 5.82 Å². The highest BCUT2D eigenvalue weighted by atomic mass is 19.1. The average Bonchev–Trinajstić information content (AvgIpc) is 2.24. The number of hydrogen-bond donors (Lipinski definition) is 1. The Hall–Kier alpha value is -1.83. The molecule has 1 aromatic carbocycles. The Morgan fingerprint density at radius 1 is 1.47 bits per heavy atom. The van der Waals surface area contributed by atoms with E-state index in [-0.39, 0.29) is 11.5 Å². The van der Waals surface area contributed by atoms with Crippen molar-refractivity contribution in [2.45, 2.75) is 6.92 Å². The van der Waals surface area contributed by atoms with E-state index in [1.165, 1.54) is 6.07 Å².